The maximum atomic E-state index is 6.73. The maximum absolute atomic E-state index is 6.73. The van der Waals surface area contributed by atoms with Gasteiger partial charge in [-0.15, -0.1) is 0 Å². The van der Waals surface area contributed by atoms with Crippen LogP contribution < -0.4 is 0 Å². The Morgan fingerprint density at radius 3 is 1.57 bits per heavy atom. The van der Waals surface area contributed by atoms with Gasteiger partial charge in [-0.2, -0.15) is 0 Å². The number of methoxy groups -OCH3 is 1. The second kappa shape index (κ2) is 8.53. The van der Waals surface area contributed by atoms with E-state index in [1.807, 2.05) is 66.7 Å². The van der Waals surface area contributed by atoms with Crippen LogP contribution in [0.15, 0.2) is 103 Å². The molecule has 3 aromatic rings. The van der Waals surface area contributed by atoms with Gasteiger partial charge in [0.15, 0.2) is 6.29 Å². The molecule has 0 aliphatic carbocycles. The molecule has 2 atom stereocenters. The summed E-state index contributed by atoms with van der Waals surface area (Å²) in [6.45, 7) is 0.412. The molecule has 0 N–H and O–H groups in total. The first-order chi connectivity index (χ1) is 13.8. The zero-order valence-corrected chi connectivity index (χ0v) is 15.9. The van der Waals surface area contributed by atoms with Gasteiger partial charge >= 0.3 is 0 Å². The Hall–Kier alpha value is -2.72. The van der Waals surface area contributed by atoms with Crippen LogP contribution in [0.1, 0.15) is 16.7 Å². The van der Waals surface area contributed by atoms with Crippen LogP contribution in [0.25, 0.3) is 0 Å². The van der Waals surface area contributed by atoms with Crippen LogP contribution in [0.5, 0.6) is 0 Å². The summed E-state index contributed by atoms with van der Waals surface area (Å²) in [5, 5.41) is 0. The maximum Gasteiger partial charge on any atom is 0.177 e. The van der Waals surface area contributed by atoms with Gasteiger partial charge in [0.1, 0.15) is 11.7 Å². The van der Waals surface area contributed by atoms with Crippen LogP contribution in [0.3, 0.4) is 0 Å². The van der Waals surface area contributed by atoms with Crippen molar-refractivity contribution in [1.82, 2.24) is 0 Å². The van der Waals surface area contributed by atoms with Crippen LogP contribution in [0.4, 0.5) is 0 Å². The molecule has 0 spiro atoms. The summed E-state index contributed by atoms with van der Waals surface area (Å²) in [4.78, 5) is 0. The Bertz CT molecular complexity index is 794. The minimum Gasteiger partial charge on any atom is -0.358 e. The van der Waals surface area contributed by atoms with Crippen molar-refractivity contribution >= 4 is 0 Å². The van der Waals surface area contributed by atoms with E-state index >= 15 is 0 Å². The molecule has 0 radical (unpaired) electrons. The fraction of sp³-hybridized carbons (Fsp3) is 0.200. The van der Waals surface area contributed by atoms with E-state index in [4.69, 9.17) is 14.2 Å². The van der Waals surface area contributed by atoms with Crippen molar-refractivity contribution in [3.8, 4) is 0 Å². The average molecular weight is 372 g/mol. The second-order valence-electron chi connectivity index (χ2n) is 6.75. The van der Waals surface area contributed by atoms with Gasteiger partial charge in [-0.1, -0.05) is 97.1 Å². The number of rotatable bonds is 7. The van der Waals surface area contributed by atoms with Crippen LogP contribution >= 0.6 is 0 Å². The second-order valence-corrected chi connectivity index (χ2v) is 6.75. The summed E-state index contributed by atoms with van der Waals surface area (Å²) >= 11 is 0. The molecular formula is C25H24O3. The molecule has 1 aliphatic heterocycles. The average Bonchev–Trinajstić information content (AvgIpc) is 3.25. The third-order valence-corrected chi connectivity index (χ3v) is 5.03. The van der Waals surface area contributed by atoms with Crippen LogP contribution in [0, 0.1) is 0 Å². The lowest BCUT2D eigenvalue weighted by molar-refractivity contribution is -0.126. The van der Waals surface area contributed by atoms with Gasteiger partial charge in [0, 0.05) is 7.11 Å². The molecular weight excluding hydrogens is 348 g/mol. The summed E-state index contributed by atoms with van der Waals surface area (Å²) in [6.07, 6.45) is 3.46. The lowest BCUT2D eigenvalue weighted by atomic mass is 9.80. The molecule has 3 heteroatoms. The van der Waals surface area contributed by atoms with E-state index in [0.717, 1.165) is 16.7 Å². The molecule has 142 valence electrons. The fourth-order valence-electron chi connectivity index (χ4n) is 3.68. The number of ether oxygens (including phenoxy) is 3. The predicted molar refractivity (Wildman–Crippen MR) is 110 cm³/mol. The van der Waals surface area contributed by atoms with Gasteiger partial charge in [-0.05, 0) is 22.8 Å². The SMILES string of the molecule is CO[C@H]1C=C[C@@H](COC(c2ccccc2)(c2ccccc2)c2ccccc2)O1. The highest BCUT2D eigenvalue weighted by Gasteiger charge is 2.38. The number of hydrogen-bond donors (Lipinski definition) is 0. The van der Waals surface area contributed by atoms with Gasteiger partial charge in [0.2, 0.25) is 0 Å². The highest BCUT2D eigenvalue weighted by molar-refractivity contribution is 5.47. The van der Waals surface area contributed by atoms with Gasteiger partial charge in [-0.25, -0.2) is 0 Å². The molecule has 0 saturated carbocycles. The minimum absolute atomic E-state index is 0.152. The number of hydrogen-bond acceptors (Lipinski definition) is 3. The number of benzene rings is 3. The quantitative estimate of drug-likeness (QED) is 0.435. The topological polar surface area (TPSA) is 27.7 Å². The smallest absolute Gasteiger partial charge is 0.177 e. The van der Waals surface area contributed by atoms with Gasteiger partial charge in [-0.3, -0.25) is 0 Å². The largest absolute Gasteiger partial charge is 0.358 e. The molecule has 4 rings (SSSR count). The molecule has 0 unspecified atom stereocenters. The fourth-order valence-corrected chi connectivity index (χ4v) is 3.68. The summed E-state index contributed by atoms with van der Waals surface area (Å²) in [7, 11) is 1.64. The normalized spacial score (nSPS) is 19.0. The summed E-state index contributed by atoms with van der Waals surface area (Å²) in [5.41, 5.74) is 2.51. The molecule has 3 aromatic carbocycles. The molecule has 0 amide bonds. The first-order valence-corrected chi connectivity index (χ1v) is 9.50. The highest BCUT2D eigenvalue weighted by atomic mass is 16.7. The van der Waals surface area contributed by atoms with Crippen molar-refractivity contribution in [2.75, 3.05) is 13.7 Å². The van der Waals surface area contributed by atoms with Crippen molar-refractivity contribution in [3.05, 3.63) is 120 Å². The van der Waals surface area contributed by atoms with E-state index in [9.17, 15) is 0 Å². The Morgan fingerprint density at radius 1 is 0.714 bits per heavy atom. The standard InChI is InChI=1S/C25H24O3/c1-26-24-18-17-23(28-24)19-27-25(20-11-5-2-6-12-20,21-13-7-3-8-14-21)22-15-9-4-10-16-22/h2-18,23-24H,19H2,1H3/t23-,24+/m0/s1. The van der Waals surface area contributed by atoms with Crippen LogP contribution in [-0.4, -0.2) is 26.1 Å². The molecule has 0 fully saturated rings. The van der Waals surface area contributed by atoms with Crippen LogP contribution in [-0.2, 0) is 19.8 Å². The predicted octanol–water partition coefficient (Wildman–Crippen LogP) is 4.92. The Labute approximate surface area is 166 Å². The Morgan fingerprint density at radius 2 is 1.18 bits per heavy atom. The van der Waals surface area contributed by atoms with Gasteiger partial charge in [0.05, 0.1) is 6.61 Å². The van der Waals surface area contributed by atoms with E-state index < -0.39 is 5.60 Å². The zero-order valence-electron chi connectivity index (χ0n) is 15.9. The Balaban J connectivity index is 1.78. The molecule has 1 aliphatic rings. The van der Waals surface area contributed by atoms with Crippen molar-refractivity contribution in [1.29, 1.82) is 0 Å². The lowest BCUT2D eigenvalue weighted by Gasteiger charge is -2.36. The van der Waals surface area contributed by atoms with Crippen molar-refractivity contribution in [3.63, 3.8) is 0 Å². The van der Waals surface area contributed by atoms with Gasteiger partial charge in [0.25, 0.3) is 0 Å². The van der Waals surface area contributed by atoms with E-state index in [1.165, 1.54) is 0 Å². The van der Waals surface area contributed by atoms with E-state index in [2.05, 4.69) is 36.4 Å². The zero-order chi connectivity index (χ0) is 19.2. The third-order valence-electron chi connectivity index (χ3n) is 5.03. The van der Waals surface area contributed by atoms with E-state index in [-0.39, 0.29) is 12.4 Å². The molecule has 1 heterocycles. The van der Waals surface area contributed by atoms with Crippen molar-refractivity contribution < 1.29 is 14.2 Å². The Kier molecular flexibility index (Phi) is 5.68. The molecule has 3 nitrogen and oxygen atoms in total. The summed E-state index contributed by atoms with van der Waals surface area (Å²) in [6, 6.07) is 31.0. The van der Waals surface area contributed by atoms with Gasteiger partial charge < -0.3 is 14.2 Å². The lowest BCUT2D eigenvalue weighted by Crippen LogP contribution is -2.35. The van der Waals surface area contributed by atoms with Crippen molar-refractivity contribution in [2.24, 2.45) is 0 Å². The molecule has 0 saturated heterocycles. The van der Waals surface area contributed by atoms with Crippen molar-refractivity contribution in [2.45, 2.75) is 18.0 Å². The third kappa shape index (κ3) is 3.65. The highest BCUT2D eigenvalue weighted by Crippen LogP contribution is 2.40. The molecule has 28 heavy (non-hydrogen) atoms. The minimum atomic E-state index is -0.730. The van der Waals surface area contributed by atoms with E-state index in [0.29, 0.717) is 6.61 Å². The first kappa shape index (κ1) is 18.6. The first-order valence-electron chi connectivity index (χ1n) is 9.50. The molecule has 0 bridgehead atoms. The summed E-state index contributed by atoms with van der Waals surface area (Å²) in [5.74, 6) is 0. The van der Waals surface area contributed by atoms with Crippen LogP contribution in [0.2, 0.25) is 0 Å². The molecule has 0 aromatic heterocycles. The monoisotopic (exact) mass is 372 g/mol. The van der Waals surface area contributed by atoms with E-state index in [1.54, 1.807) is 7.11 Å². The summed E-state index contributed by atoms with van der Waals surface area (Å²) < 4.78 is 17.9.